The molecule has 1 aromatic carbocycles. The van der Waals surface area contributed by atoms with E-state index in [2.05, 4.69) is 13.0 Å². The van der Waals surface area contributed by atoms with Crippen LogP contribution in [0, 0.1) is 6.92 Å². The molecular formula is C12H19NO2. The summed E-state index contributed by atoms with van der Waals surface area (Å²) in [5, 5.41) is 0. The minimum absolute atomic E-state index is 0.337. The number of ether oxygens (including phenoxy) is 2. The largest absolute Gasteiger partial charge is 0.493 e. The molecule has 0 radical (unpaired) electrons. The molecule has 0 aliphatic rings. The monoisotopic (exact) mass is 209 g/mol. The van der Waals surface area contributed by atoms with Gasteiger partial charge >= 0.3 is 0 Å². The predicted molar refractivity (Wildman–Crippen MR) is 61.8 cm³/mol. The quantitative estimate of drug-likeness (QED) is 0.825. The molecule has 0 saturated carbocycles. The molecule has 1 rings (SSSR count). The molecule has 3 nitrogen and oxygen atoms in total. The van der Waals surface area contributed by atoms with Crippen LogP contribution in [0.1, 0.15) is 24.0 Å². The number of aryl methyl sites for hydroxylation is 1. The van der Waals surface area contributed by atoms with Crippen molar-refractivity contribution >= 4 is 0 Å². The highest BCUT2D eigenvalue weighted by atomic mass is 16.5. The van der Waals surface area contributed by atoms with Crippen LogP contribution in [-0.4, -0.2) is 20.8 Å². The second kappa shape index (κ2) is 5.03. The fraction of sp³-hybridized carbons (Fsp3) is 0.500. The molecule has 3 heteroatoms. The van der Waals surface area contributed by atoms with Crippen LogP contribution in [0.5, 0.6) is 11.5 Å². The Labute approximate surface area is 91.2 Å². The smallest absolute Gasteiger partial charge is 0.163 e. The van der Waals surface area contributed by atoms with Crippen molar-refractivity contribution in [3.8, 4) is 11.5 Å². The average molecular weight is 209 g/mol. The maximum Gasteiger partial charge on any atom is 0.163 e. The molecule has 84 valence electrons. The second-order valence-electron chi connectivity index (χ2n) is 3.71. The molecule has 0 aliphatic carbocycles. The SMILES string of the molecule is COc1cc(C(C)CN)cc(C)c1OC. The Bertz CT molecular complexity index is 337. The molecule has 0 aromatic heterocycles. The van der Waals surface area contributed by atoms with Gasteiger partial charge in [0, 0.05) is 0 Å². The molecule has 1 unspecified atom stereocenters. The van der Waals surface area contributed by atoms with Gasteiger partial charge in [-0.15, -0.1) is 0 Å². The number of methoxy groups -OCH3 is 2. The number of rotatable bonds is 4. The van der Waals surface area contributed by atoms with Crippen molar-refractivity contribution in [2.24, 2.45) is 5.73 Å². The Morgan fingerprint density at radius 1 is 1.27 bits per heavy atom. The Morgan fingerprint density at radius 3 is 2.40 bits per heavy atom. The van der Waals surface area contributed by atoms with Crippen molar-refractivity contribution < 1.29 is 9.47 Å². The van der Waals surface area contributed by atoms with Crippen molar-refractivity contribution in [2.45, 2.75) is 19.8 Å². The molecule has 1 atom stereocenters. The molecule has 0 bridgehead atoms. The van der Waals surface area contributed by atoms with E-state index >= 15 is 0 Å². The molecule has 0 heterocycles. The van der Waals surface area contributed by atoms with Gasteiger partial charge < -0.3 is 15.2 Å². The lowest BCUT2D eigenvalue weighted by Crippen LogP contribution is -2.09. The van der Waals surface area contributed by atoms with Crippen LogP contribution in [0.3, 0.4) is 0 Å². The zero-order valence-corrected chi connectivity index (χ0v) is 9.83. The predicted octanol–water partition coefficient (Wildman–Crippen LogP) is 2.07. The minimum atomic E-state index is 0.337. The third kappa shape index (κ3) is 2.42. The zero-order chi connectivity index (χ0) is 11.4. The van der Waals surface area contributed by atoms with Gasteiger partial charge in [-0.1, -0.05) is 13.0 Å². The van der Waals surface area contributed by atoms with Crippen LogP contribution in [0.2, 0.25) is 0 Å². The molecule has 0 spiro atoms. The number of hydrogen-bond donors (Lipinski definition) is 1. The summed E-state index contributed by atoms with van der Waals surface area (Å²) in [6.45, 7) is 4.74. The van der Waals surface area contributed by atoms with Crippen molar-refractivity contribution in [1.82, 2.24) is 0 Å². The molecule has 0 amide bonds. The normalized spacial score (nSPS) is 12.3. The standard InChI is InChI=1S/C12H19NO2/c1-8-5-10(9(2)7-13)6-11(14-3)12(8)15-4/h5-6,9H,7,13H2,1-4H3. The van der Waals surface area contributed by atoms with Gasteiger partial charge in [-0.2, -0.15) is 0 Å². The van der Waals surface area contributed by atoms with Gasteiger partial charge in [-0.3, -0.25) is 0 Å². The average Bonchev–Trinajstić information content (AvgIpc) is 2.26. The van der Waals surface area contributed by atoms with Crippen LogP contribution in [0.25, 0.3) is 0 Å². The van der Waals surface area contributed by atoms with E-state index < -0.39 is 0 Å². The summed E-state index contributed by atoms with van der Waals surface area (Å²) in [5.41, 5.74) is 7.91. The Kier molecular flexibility index (Phi) is 3.97. The zero-order valence-electron chi connectivity index (χ0n) is 9.83. The molecule has 0 aliphatic heterocycles. The highest BCUT2D eigenvalue weighted by molar-refractivity contribution is 5.49. The topological polar surface area (TPSA) is 44.5 Å². The van der Waals surface area contributed by atoms with Crippen molar-refractivity contribution in [3.05, 3.63) is 23.3 Å². The fourth-order valence-electron chi connectivity index (χ4n) is 1.60. The van der Waals surface area contributed by atoms with E-state index in [-0.39, 0.29) is 0 Å². The van der Waals surface area contributed by atoms with Crippen LogP contribution in [0.4, 0.5) is 0 Å². The van der Waals surface area contributed by atoms with E-state index in [0.29, 0.717) is 12.5 Å². The van der Waals surface area contributed by atoms with Crippen LogP contribution in [0.15, 0.2) is 12.1 Å². The summed E-state index contributed by atoms with van der Waals surface area (Å²) >= 11 is 0. The van der Waals surface area contributed by atoms with Crippen molar-refractivity contribution in [2.75, 3.05) is 20.8 Å². The molecular weight excluding hydrogens is 190 g/mol. The summed E-state index contributed by atoms with van der Waals surface area (Å²) in [5.74, 6) is 1.90. The first-order valence-electron chi connectivity index (χ1n) is 5.06. The van der Waals surface area contributed by atoms with E-state index in [9.17, 15) is 0 Å². The Hall–Kier alpha value is -1.22. The fourth-order valence-corrected chi connectivity index (χ4v) is 1.60. The van der Waals surface area contributed by atoms with Gasteiger partial charge in [-0.05, 0) is 36.6 Å². The maximum atomic E-state index is 5.64. The Balaban J connectivity index is 3.19. The maximum absolute atomic E-state index is 5.64. The van der Waals surface area contributed by atoms with E-state index in [4.69, 9.17) is 15.2 Å². The number of hydrogen-bond acceptors (Lipinski definition) is 3. The van der Waals surface area contributed by atoms with Crippen LogP contribution >= 0.6 is 0 Å². The highest BCUT2D eigenvalue weighted by Gasteiger charge is 2.12. The lowest BCUT2D eigenvalue weighted by molar-refractivity contribution is 0.352. The molecule has 0 saturated heterocycles. The van der Waals surface area contributed by atoms with E-state index in [0.717, 1.165) is 17.1 Å². The van der Waals surface area contributed by atoms with Gasteiger partial charge in [0.15, 0.2) is 11.5 Å². The summed E-state index contributed by atoms with van der Waals surface area (Å²) in [4.78, 5) is 0. The summed E-state index contributed by atoms with van der Waals surface area (Å²) in [6, 6.07) is 4.09. The van der Waals surface area contributed by atoms with Gasteiger partial charge in [0.1, 0.15) is 0 Å². The summed E-state index contributed by atoms with van der Waals surface area (Å²) < 4.78 is 10.6. The first-order valence-corrected chi connectivity index (χ1v) is 5.06. The first kappa shape index (κ1) is 11.9. The highest BCUT2D eigenvalue weighted by Crippen LogP contribution is 2.34. The third-order valence-electron chi connectivity index (χ3n) is 2.61. The van der Waals surface area contributed by atoms with Gasteiger partial charge in [0.05, 0.1) is 14.2 Å². The van der Waals surface area contributed by atoms with E-state index in [1.165, 1.54) is 5.56 Å². The summed E-state index contributed by atoms with van der Waals surface area (Å²) in [7, 11) is 3.30. The molecule has 15 heavy (non-hydrogen) atoms. The van der Waals surface area contributed by atoms with E-state index in [1.54, 1.807) is 14.2 Å². The van der Waals surface area contributed by atoms with E-state index in [1.807, 2.05) is 13.0 Å². The lowest BCUT2D eigenvalue weighted by atomic mass is 9.98. The van der Waals surface area contributed by atoms with Crippen molar-refractivity contribution in [3.63, 3.8) is 0 Å². The second-order valence-corrected chi connectivity index (χ2v) is 3.71. The third-order valence-corrected chi connectivity index (χ3v) is 2.61. The lowest BCUT2D eigenvalue weighted by Gasteiger charge is -2.15. The minimum Gasteiger partial charge on any atom is -0.493 e. The van der Waals surface area contributed by atoms with Gasteiger partial charge in [-0.25, -0.2) is 0 Å². The van der Waals surface area contributed by atoms with Crippen LogP contribution in [-0.2, 0) is 0 Å². The van der Waals surface area contributed by atoms with Crippen LogP contribution < -0.4 is 15.2 Å². The molecule has 0 fully saturated rings. The number of benzene rings is 1. The molecule has 1 aromatic rings. The van der Waals surface area contributed by atoms with Crippen molar-refractivity contribution in [1.29, 1.82) is 0 Å². The molecule has 2 N–H and O–H groups in total. The van der Waals surface area contributed by atoms with Gasteiger partial charge in [0.25, 0.3) is 0 Å². The van der Waals surface area contributed by atoms with Gasteiger partial charge in [0.2, 0.25) is 0 Å². The Morgan fingerprint density at radius 2 is 1.93 bits per heavy atom. The number of nitrogens with two attached hydrogens (primary N) is 1. The first-order chi connectivity index (χ1) is 7.13. The summed E-state index contributed by atoms with van der Waals surface area (Å²) in [6.07, 6.45) is 0.